The van der Waals surface area contributed by atoms with Gasteiger partial charge >= 0.3 is 0 Å². The lowest BCUT2D eigenvalue weighted by molar-refractivity contribution is 0.482. The second-order valence-corrected chi connectivity index (χ2v) is 8.67. The highest BCUT2D eigenvalue weighted by Crippen LogP contribution is 2.37. The SMILES string of the molecule is Cc1cc(N=Nc2ccc3cc(NCc4ccc(N)cc4)ccc3c2O)ccc1N=Nc1ccccc1. The molecule has 0 saturated carbocycles. The molecule has 0 aliphatic carbocycles. The van der Waals surface area contributed by atoms with Gasteiger partial charge < -0.3 is 16.2 Å². The largest absolute Gasteiger partial charge is 0.505 e. The van der Waals surface area contributed by atoms with Gasteiger partial charge in [-0.1, -0.05) is 36.4 Å². The van der Waals surface area contributed by atoms with Gasteiger partial charge in [0.25, 0.3) is 0 Å². The number of nitrogens with two attached hydrogens (primary N) is 1. The van der Waals surface area contributed by atoms with Gasteiger partial charge in [0.05, 0.1) is 17.1 Å². The summed E-state index contributed by atoms with van der Waals surface area (Å²) in [5, 5.41) is 33.0. The number of nitrogen functional groups attached to an aromatic ring is 1. The van der Waals surface area contributed by atoms with Gasteiger partial charge in [-0.3, -0.25) is 0 Å². The first-order valence-corrected chi connectivity index (χ1v) is 11.9. The summed E-state index contributed by atoms with van der Waals surface area (Å²) in [6.45, 7) is 2.63. The molecule has 0 spiro atoms. The van der Waals surface area contributed by atoms with Gasteiger partial charge in [-0.25, -0.2) is 0 Å². The van der Waals surface area contributed by atoms with Crippen LogP contribution < -0.4 is 11.1 Å². The Morgan fingerprint density at radius 1 is 0.703 bits per heavy atom. The average Bonchev–Trinajstić information content (AvgIpc) is 2.92. The van der Waals surface area contributed by atoms with E-state index in [9.17, 15) is 5.11 Å². The Kier molecular flexibility index (Phi) is 6.85. The minimum atomic E-state index is 0.0938. The summed E-state index contributed by atoms with van der Waals surface area (Å²) in [6.07, 6.45) is 0. The molecule has 0 unspecified atom stereocenters. The van der Waals surface area contributed by atoms with E-state index in [0.717, 1.165) is 39.3 Å². The first kappa shape index (κ1) is 23.7. The number of nitrogens with one attached hydrogen (secondary N) is 1. The molecule has 0 aliphatic rings. The molecule has 4 N–H and O–H groups in total. The molecular weight excluding hydrogens is 460 g/mol. The molecule has 0 aromatic heterocycles. The third-order valence-corrected chi connectivity index (χ3v) is 5.93. The van der Waals surface area contributed by atoms with Gasteiger partial charge in [0.15, 0.2) is 5.75 Å². The molecule has 0 bridgehead atoms. The highest BCUT2D eigenvalue weighted by atomic mass is 16.3. The first-order valence-electron chi connectivity index (χ1n) is 11.9. The van der Waals surface area contributed by atoms with Gasteiger partial charge in [0, 0.05) is 23.3 Å². The van der Waals surface area contributed by atoms with Crippen molar-refractivity contribution in [1.82, 2.24) is 0 Å². The molecule has 0 atom stereocenters. The Bertz CT molecular complexity index is 1590. The lowest BCUT2D eigenvalue weighted by Gasteiger charge is -2.09. The number of hydrogen-bond acceptors (Lipinski definition) is 7. The number of hydrogen-bond donors (Lipinski definition) is 3. The third kappa shape index (κ3) is 5.79. The predicted molar refractivity (Wildman–Crippen MR) is 150 cm³/mol. The van der Waals surface area contributed by atoms with Gasteiger partial charge in [-0.2, -0.15) is 15.3 Å². The highest BCUT2D eigenvalue weighted by Gasteiger charge is 2.08. The minimum absolute atomic E-state index is 0.0938. The topological polar surface area (TPSA) is 108 Å². The molecule has 0 radical (unpaired) electrons. The summed E-state index contributed by atoms with van der Waals surface area (Å²) in [5.41, 5.74) is 12.1. The van der Waals surface area contributed by atoms with Crippen LogP contribution in [0.1, 0.15) is 11.1 Å². The zero-order valence-corrected chi connectivity index (χ0v) is 20.3. The molecule has 5 aromatic carbocycles. The Balaban J connectivity index is 1.29. The average molecular weight is 487 g/mol. The molecule has 182 valence electrons. The fraction of sp³-hybridized carbons (Fsp3) is 0.0667. The summed E-state index contributed by atoms with van der Waals surface area (Å²) in [5.74, 6) is 0.0938. The molecule has 5 aromatic rings. The van der Waals surface area contributed by atoms with E-state index < -0.39 is 0 Å². The molecule has 7 nitrogen and oxygen atoms in total. The normalized spacial score (nSPS) is 11.5. The van der Waals surface area contributed by atoms with E-state index in [1.54, 1.807) is 6.07 Å². The number of benzene rings is 5. The van der Waals surface area contributed by atoms with E-state index in [4.69, 9.17) is 5.73 Å². The smallest absolute Gasteiger partial charge is 0.150 e. The van der Waals surface area contributed by atoms with Crippen LogP contribution in [-0.2, 0) is 6.54 Å². The number of fused-ring (bicyclic) bond motifs is 1. The van der Waals surface area contributed by atoms with Crippen LogP contribution in [0.25, 0.3) is 10.8 Å². The van der Waals surface area contributed by atoms with Crippen molar-refractivity contribution < 1.29 is 5.11 Å². The number of azo groups is 2. The van der Waals surface area contributed by atoms with Crippen LogP contribution >= 0.6 is 0 Å². The van der Waals surface area contributed by atoms with Crippen LogP contribution in [0, 0.1) is 6.92 Å². The fourth-order valence-electron chi connectivity index (χ4n) is 3.86. The van der Waals surface area contributed by atoms with Crippen molar-refractivity contribution in [2.45, 2.75) is 13.5 Å². The summed E-state index contributed by atoms with van der Waals surface area (Å²) in [4.78, 5) is 0. The van der Waals surface area contributed by atoms with Crippen LogP contribution in [0.3, 0.4) is 0 Å². The molecular formula is C30H26N6O. The number of nitrogens with zero attached hydrogens (tertiary/aromatic N) is 4. The first-order chi connectivity index (χ1) is 18.0. The summed E-state index contributed by atoms with van der Waals surface area (Å²) in [6, 6.07) is 32.4. The monoisotopic (exact) mass is 486 g/mol. The molecule has 0 heterocycles. The van der Waals surface area contributed by atoms with Crippen molar-refractivity contribution in [2.75, 3.05) is 11.1 Å². The molecule has 0 saturated heterocycles. The fourth-order valence-corrected chi connectivity index (χ4v) is 3.86. The van der Waals surface area contributed by atoms with Gasteiger partial charge in [-0.05, 0) is 90.2 Å². The van der Waals surface area contributed by atoms with Crippen LogP contribution in [0.15, 0.2) is 124 Å². The molecule has 0 amide bonds. The lowest BCUT2D eigenvalue weighted by Crippen LogP contribution is -1.99. The second-order valence-electron chi connectivity index (χ2n) is 8.67. The lowest BCUT2D eigenvalue weighted by atomic mass is 10.1. The number of aromatic hydroxyl groups is 1. The quantitative estimate of drug-likeness (QED) is 0.158. The van der Waals surface area contributed by atoms with E-state index in [1.165, 1.54) is 0 Å². The minimum Gasteiger partial charge on any atom is -0.505 e. The van der Waals surface area contributed by atoms with Crippen molar-refractivity contribution in [3.05, 3.63) is 114 Å². The van der Waals surface area contributed by atoms with E-state index in [1.807, 2.05) is 104 Å². The Morgan fingerprint density at radius 3 is 2.22 bits per heavy atom. The van der Waals surface area contributed by atoms with Gasteiger partial charge in [0.1, 0.15) is 5.69 Å². The Hall–Kier alpha value is -5.04. The van der Waals surface area contributed by atoms with E-state index in [-0.39, 0.29) is 5.75 Å². The van der Waals surface area contributed by atoms with Gasteiger partial charge in [-0.15, -0.1) is 5.11 Å². The predicted octanol–water partition coefficient (Wildman–Crippen LogP) is 8.88. The Morgan fingerprint density at radius 2 is 1.43 bits per heavy atom. The van der Waals surface area contributed by atoms with Crippen molar-refractivity contribution >= 4 is 44.9 Å². The molecule has 7 heteroatoms. The van der Waals surface area contributed by atoms with Crippen LogP contribution in [0.5, 0.6) is 5.75 Å². The maximum atomic E-state index is 10.8. The number of rotatable bonds is 7. The second kappa shape index (κ2) is 10.7. The number of phenols is 1. The number of aryl methyl sites for hydroxylation is 1. The van der Waals surface area contributed by atoms with Crippen LogP contribution in [0.2, 0.25) is 0 Å². The number of anilines is 2. The van der Waals surface area contributed by atoms with E-state index >= 15 is 0 Å². The van der Waals surface area contributed by atoms with Crippen molar-refractivity contribution in [1.29, 1.82) is 0 Å². The number of phenolic OH excluding ortho intramolecular Hbond substituents is 1. The van der Waals surface area contributed by atoms with Gasteiger partial charge in [0.2, 0.25) is 0 Å². The maximum Gasteiger partial charge on any atom is 0.150 e. The van der Waals surface area contributed by atoms with Crippen molar-refractivity contribution in [3.8, 4) is 5.75 Å². The zero-order valence-electron chi connectivity index (χ0n) is 20.3. The van der Waals surface area contributed by atoms with Crippen molar-refractivity contribution in [2.24, 2.45) is 20.5 Å². The molecule has 5 rings (SSSR count). The zero-order chi connectivity index (χ0) is 25.6. The maximum absolute atomic E-state index is 10.8. The van der Waals surface area contributed by atoms with E-state index in [0.29, 0.717) is 23.3 Å². The van der Waals surface area contributed by atoms with E-state index in [2.05, 4.69) is 25.8 Å². The summed E-state index contributed by atoms with van der Waals surface area (Å²) >= 11 is 0. The highest BCUT2D eigenvalue weighted by molar-refractivity contribution is 5.94. The molecule has 0 fully saturated rings. The molecule has 0 aliphatic heterocycles. The van der Waals surface area contributed by atoms with Crippen LogP contribution in [0.4, 0.5) is 34.1 Å². The van der Waals surface area contributed by atoms with Crippen LogP contribution in [-0.4, -0.2) is 5.11 Å². The summed E-state index contributed by atoms with van der Waals surface area (Å²) in [7, 11) is 0. The molecule has 37 heavy (non-hydrogen) atoms. The standard InChI is InChI=1S/C30H26N6O/c1-20-17-26(13-16-28(20)35-33-24-5-3-2-4-6-24)34-36-29-15-9-22-18-25(12-14-27(22)30(29)37)32-19-21-7-10-23(31)11-8-21/h2-18,32,37H,19,31H2,1H3. The third-order valence-electron chi connectivity index (χ3n) is 5.93. The van der Waals surface area contributed by atoms with Crippen molar-refractivity contribution in [3.63, 3.8) is 0 Å². The summed E-state index contributed by atoms with van der Waals surface area (Å²) < 4.78 is 0. The Labute approximate surface area is 215 Å².